The Bertz CT molecular complexity index is 807. The Kier molecular flexibility index (Phi) is 5.59. The van der Waals surface area contributed by atoms with E-state index in [1.54, 1.807) is 6.07 Å². The van der Waals surface area contributed by atoms with Gasteiger partial charge in [0.05, 0.1) is 31.7 Å². The fourth-order valence-corrected chi connectivity index (χ4v) is 2.83. The second-order valence-electron chi connectivity index (χ2n) is 6.10. The van der Waals surface area contributed by atoms with Crippen LogP contribution in [0.4, 0.5) is 5.82 Å². The number of carboxylic acid groups (broad SMARTS) is 1. The first-order valence-electron chi connectivity index (χ1n) is 8.36. The molecule has 1 unspecified atom stereocenters. The lowest BCUT2D eigenvalue weighted by Crippen LogP contribution is -2.36. The molecule has 2 heterocycles. The number of anilines is 1. The molecule has 4 N–H and O–H groups in total. The summed E-state index contributed by atoms with van der Waals surface area (Å²) in [7, 11) is 0. The number of carbonyl (C=O) groups is 2. The molecule has 1 saturated heterocycles. The van der Waals surface area contributed by atoms with Crippen molar-refractivity contribution < 1.29 is 19.4 Å². The average Bonchev–Trinajstić information content (AvgIpc) is 2.61. The Morgan fingerprint density at radius 3 is 2.69 bits per heavy atom. The zero-order valence-corrected chi connectivity index (χ0v) is 14.2. The number of carbonyl (C=O) groups excluding carboxylic acids is 1. The van der Waals surface area contributed by atoms with Crippen LogP contribution >= 0.6 is 0 Å². The number of ether oxygens (including phenoxy) is 1. The molecule has 0 aliphatic carbocycles. The van der Waals surface area contributed by atoms with Gasteiger partial charge in [-0.2, -0.15) is 0 Å². The van der Waals surface area contributed by atoms with Gasteiger partial charge in [0.2, 0.25) is 5.91 Å². The number of amides is 1. The molecule has 9 nitrogen and oxygen atoms in total. The molecule has 1 amide bonds. The van der Waals surface area contributed by atoms with Gasteiger partial charge in [-0.15, -0.1) is 0 Å². The first-order chi connectivity index (χ1) is 12.5. The number of morpholine rings is 1. The number of nitrogens with two attached hydrogens (primary N) is 1. The summed E-state index contributed by atoms with van der Waals surface area (Å²) in [5, 5.41) is 12.9. The SMILES string of the molecule is NC(=O)CC(Nc1nc(CN2CCOCC2)nc2ccccc12)C(=O)O. The molecule has 2 aromatic rings. The summed E-state index contributed by atoms with van der Waals surface area (Å²) in [6.45, 7) is 3.45. The monoisotopic (exact) mass is 359 g/mol. The predicted octanol–water partition coefficient (Wildman–Crippen LogP) is 0.203. The fraction of sp³-hybridized carbons (Fsp3) is 0.412. The lowest BCUT2D eigenvalue weighted by molar-refractivity contribution is -0.139. The summed E-state index contributed by atoms with van der Waals surface area (Å²) in [6.07, 6.45) is -0.327. The van der Waals surface area contributed by atoms with Gasteiger partial charge in [0.1, 0.15) is 17.7 Å². The number of hydrogen-bond acceptors (Lipinski definition) is 7. The Morgan fingerprint density at radius 2 is 2.00 bits per heavy atom. The van der Waals surface area contributed by atoms with Gasteiger partial charge in [0, 0.05) is 18.5 Å². The van der Waals surface area contributed by atoms with Crippen molar-refractivity contribution in [2.24, 2.45) is 5.73 Å². The van der Waals surface area contributed by atoms with Crippen molar-refractivity contribution in [2.45, 2.75) is 19.0 Å². The molecule has 1 aromatic heterocycles. The maximum atomic E-state index is 11.4. The Labute approximate surface area is 150 Å². The summed E-state index contributed by atoms with van der Waals surface area (Å²) >= 11 is 0. The van der Waals surface area contributed by atoms with Crippen molar-refractivity contribution in [1.82, 2.24) is 14.9 Å². The molecule has 1 aromatic carbocycles. The maximum Gasteiger partial charge on any atom is 0.326 e. The van der Waals surface area contributed by atoms with Crippen LogP contribution in [0.2, 0.25) is 0 Å². The molecule has 1 atom stereocenters. The zero-order valence-electron chi connectivity index (χ0n) is 14.2. The number of benzene rings is 1. The van der Waals surface area contributed by atoms with Crippen LogP contribution in [0.1, 0.15) is 12.2 Å². The van der Waals surface area contributed by atoms with E-state index < -0.39 is 17.9 Å². The number of primary amides is 1. The molecule has 1 aliphatic heterocycles. The van der Waals surface area contributed by atoms with Gasteiger partial charge in [-0.25, -0.2) is 14.8 Å². The minimum atomic E-state index is -1.17. The minimum Gasteiger partial charge on any atom is -0.480 e. The summed E-state index contributed by atoms with van der Waals surface area (Å²) in [4.78, 5) is 33.9. The second-order valence-corrected chi connectivity index (χ2v) is 6.10. The molecule has 0 saturated carbocycles. The van der Waals surface area contributed by atoms with Crippen molar-refractivity contribution in [3.8, 4) is 0 Å². The van der Waals surface area contributed by atoms with E-state index in [-0.39, 0.29) is 6.42 Å². The van der Waals surface area contributed by atoms with Crippen molar-refractivity contribution in [3.63, 3.8) is 0 Å². The topological polar surface area (TPSA) is 131 Å². The first-order valence-corrected chi connectivity index (χ1v) is 8.36. The van der Waals surface area contributed by atoms with Crippen molar-refractivity contribution in [3.05, 3.63) is 30.1 Å². The van der Waals surface area contributed by atoms with E-state index in [9.17, 15) is 14.7 Å². The lowest BCUT2D eigenvalue weighted by atomic mass is 10.1. The normalized spacial score (nSPS) is 16.3. The lowest BCUT2D eigenvalue weighted by Gasteiger charge is -2.26. The van der Waals surface area contributed by atoms with Gasteiger partial charge in [-0.1, -0.05) is 12.1 Å². The van der Waals surface area contributed by atoms with Gasteiger partial charge in [0.15, 0.2) is 0 Å². The molecule has 3 rings (SSSR count). The van der Waals surface area contributed by atoms with Crippen molar-refractivity contribution in [2.75, 3.05) is 31.6 Å². The number of aromatic nitrogens is 2. The molecule has 0 spiro atoms. The molecular formula is C17H21N5O4. The predicted molar refractivity (Wildman–Crippen MR) is 94.5 cm³/mol. The van der Waals surface area contributed by atoms with Crippen LogP contribution in [-0.4, -0.2) is 64.2 Å². The van der Waals surface area contributed by atoms with Gasteiger partial charge in [0.25, 0.3) is 0 Å². The number of hydrogen-bond donors (Lipinski definition) is 3. The highest BCUT2D eigenvalue weighted by Crippen LogP contribution is 2.22. The molecular weight excluding hydrogens is 338 g/mol. The third kappa shape index (κ3) is 4.44. The van der Waals surface area contributed by atoms with Crippen LogP contribution < -0.4 is 11.1 Å². The van der Waals surface area contributed by atoms with Crippen molar-refractivity contribution >= 4 is 28.6 Å². The molecule has 0 bridgehead atoms. The number of nitrogens with one attached hydrogen (secondary N) is 1. The number of aliphatic carboxylic acids is 1. The highest BCUT2D eigenvalue weighted by atomic mass is 16.5. The summed E-state index contributed by atoms with van der Waals surface area (Å²) in [5.41, 5.74) is 5.86. The number of nitrogens with zero attached hydrogens (tertiary/aromatic N) is 3. The molecule has 0 radical (unpaired) electrons. The van der Waals surface area contributed by atoms with E-state index in [2.05, 4.69) is 20.2 Å². The van der Waals surface area contributed by atoms with E-state index in [0.29, 0.717) is 42.3 Å². The number of fused-ring (bicyclic) bond motifs is 1. The van der Waals surface area contributed by atoms with Crippen LogP contribution in [0, 0.1) is 0 Å². The smallest absolute Gasteiger partial charge is 0.326 e. The minimum absolute atomic E-state index is 0.327. The Morgan fingerprint density at radius 1 is 1.27 bits per heavy atom. The van der Waals surface area contributed by atoms with E-state index in [1.165, 1.54) is 0 Å². The third-order valence-corrected chi connectivity index (χ3v) is 4.13. The van der Waals surface area contributed by atoms with Crippen LogP contribution in [0.5, 0.6) is 0 Å². The first kappa shape index (κ1) is 18.0. The quantitative estimate of drug-likeness (QED) is 0.639. The van der Waals surface area contributed by atoms with Crippen LogP contribution in [0.3, 0.4) is 0 Å². The Balaban J connectivity index is 1.91. The van der Waals surface area contributed by atoms with E-state index >= 15 is 0 Å². The molecule has 1 fully saturated rings. The summed E-state index contributed by atoms with van der Waals surface area (Å²) < 4.78 is 5.34. The third-order valence-electron chi connectivity index (χ3n) is 4.13. The average molecular weight is 359 g/mol. The van der Waals surface area contributed by atoms with Crippen LogP contribution in [0.25, 0.3) is 10.9 Å². The zero-order chi connectivity index (χ0) is 18.5. The van der Waals surface area contributed by atoms with Crippen LogP contribution in [0.15, 0.2) is 24.3 Å². The summed E-state index contributed by atoms with van der Waals surface area (Å²) in [5.74, 6) is -0.901. The fourth-order valence-electron chi connectivity index (χ4n) is 2.83. The number of rotatable bonds is 7. The highest BCUT2D eigenvalue weighted by Gasteiger charge is 2.22. The van der Waals surface area contributed by atoms with E-state index in [0.717, 1.165) is 13.1 Å². The maximum absolute atomic E-state index is 11.4. The largest absolute Gasteiger partial charge is 0.480 e. The van der Waals surface area contributed by atoms with E-state index in [1.807, 2.05) is 18.2 Å². The summed E-state index contributed by atoms with van der Waals surface area (Å²) in [6, 6.07) is 6.17. The number of carboxylic acids is 1. The van der Waals surface area contributed by atoms with Crippen LogP contribution in [-0.2, 0) is 20.9 Å². The molecule has 138 valence electrons. The Hall–Kier alpha value is -2.78. The van der Waals surface area contributed by atoms with Gasteiger partial charge >= 0.3 is 5.97 Å². The highest BCUT2D eigenvalue weighted by molar-refractivity contribution is 5.92. The number of para-hydroxylation sites is 1. The second kappa shape index (κ2) is 8.07. The molecule has 26 heavy (non-hydrogen) atoms. The molecule has 1 aliphatic rings. The molecule has 9 heteroatoms. The van der Waals surface area contributed by atoms with Gasteiger partial charge < -0.3 is 20.9 Å². The standard InChI is InChI=1S/C17H21N5O4/c18-14(23)9-13(17(24)25)20-16-11-3-1-2-4-12(11)19-15(21-16)10-22-5-7-26-8-6-22/h1-4,13H,5-10H2,(H2,18,23)(H,24,25)(H,19,20,21). The van der Waals surface area contributed by atoms with E-state index in [4.69, 9.17) is 10.5 Å². The van der Waals surface area contributed by atoms with Gasteiger partial charge in [-0.3, -0.25) is 9.69 Å². The van der Waals surface area contributed by atoms with Crippen molar-refractivity contribution in [1.29, 1.82) is 0 Å². The van der Waals surface area contributed by atoms with Gasteiger partial charge in [-0.05, 0) is 12.1 Å².